The minimum absolute atomic E-state index is 0. The molecule has 4 saturated heterocycles. The Hall–Kier alpha value is -4.34. The summed E-state index contributed by atoms with van der Waals surface area (Å²) in [6, 6.07) is 28.2. The molecule has 0 radical (unpaired) electrons. The van der Waals surface area contributed by atoms with E-state index in [4.69, 9.17) is 0 Å². The fourth-order valence-corrected chi connectivity index (χ4v) is 10.7. The number of benzene rings is 2. The quantitative estimate of drug-likeness (QED) is 0.0818. The Balaban J connectivity index is 0.000000264. The maximum absolute atomic E-state index is 13.4. The van der Waals surface area contributed by atoms with Gasteiger partial charge in [0, 0.05) is 63.5 Å². The Morgan fingerprint density at radius 3 is 1.25 bits per heavy atom. The maximum Gasteiger partial charge on any atom is 0.250 e. The first-order valence-electron chi connectivity index (χ1n) is 21.3. The van der Waals surface area contributed by atoms with Crippen molar-refractivity contribution in [1.29, 1.82) is 0 Å². The van der Waals surface area contributed by atoms with Crippen LogP contribution in [0, 0.1) is 0 Å². The van der Waals surface area contributed by atoms with E-state index in [0.29, 0.717) is 39.3 Å². The van der Waals surface area contributed by atoms with Crippen LogP contribution in [0.15, 0.2) is 121 Å². The van der Waals surface area contributed by atoms with E-state index in [0.717, 1.165) is 98.9 Å². The van der Waals surface area contributed by atoms with Crippen molar-refractivity contribution in [2.45, 2.75) is 62.4 Å². The normalized spacial score (nSPS) is 18.0. The van der Waals surface area contributed by atoms with Crippen LogP contribution in [0.5, 0.6) is 0 Å². The molecule has 4 aliphatic heterocycles. The van der Waals surface area contributed by atoms with Crippen LogP contribution in [0.3, 0.4) is 0 Å². The number of hydrogen-bond donors (Lipinski definition) is 0. The standard InChI is InChI=1S/2C24H29N3O2S.2ClH.H2O/c2*1-2-14-26-19-27(20-8-4-3-5-9-20)24(23(26)29)12-16-25(17-13-24)15-6-10-21(28)22-11-7-18-30-22;;;/h2*2-5,7-9,11,18H,1,6,10,12-17,19H2;2*1H;1H2. The molecule has 0 bridgehead atoms. The number of hydrogen-bond acceptors (Lipinski definition) is 10. The van der Waals surface area contributed by atoms with Crippen LogP contribution in [0.1, 0.15) is 70.7 Å². The van der Waals surface area contributed by atoms with Gasteiger partial charge in [-0.25, -0.2) is 0 Å². The number of halogens is 2. The Labute approximate surface area is 393 Å². The first kappa shape index (κ1) is 51.3. The van der Waals surface area contributed by atoms with Gasteiger partial charge in [-0.3, -0.25) is 19.2 Å². The first-order chi connectivity index (χ1) is 29.3. The van der Waals surface area contributed by atoms with Gasteiger partial charge in [-0.1, -0.05) is 60.7 Å². The zero-order valence-corrected chi connectivity index (χ0v) is 39.2. The highest BCUT2D eigenvalue weighted by Crippen LogP contribution is 2.41. The number of likely N-dealkylation sites (tertiary alicyclic amines) is 2. The number of nitrogens with zero attached hydrogens (tertiary/aromatic N) is 6. The van der Waals surface area contributed by atoms with Crippen molar-refractivity contribution in [3.8, 4) is 0 Å². The summed E-state index contributed by atoms with van der Waals surface area (Å²) in [6.45, 7) is 15.4. The van der Waals surface area contributed by atoms with Crippen LogP contribution >= 0.6 is 47.5 Å². The third-order valence-electron chi connectivity index (χ3n) is 12.6. The van der Waals surface area contributed by atoms with E-state index >= 15 is 0 Å². The molecule has 6 heterocycles. The molecule has 0 aliphatic carbocycles. The average Bonchev–Trinajstić information content (AvgIpc) is 4.11. The highest BCUT2D eigenvalue weighted by Gasteiger charge is 2.54. The Bertz CT molecular complexity index is 1910. The predicted molar refractivity (Wildman–Crippen MR) is 262 cm³/mol. The van der Waals surface area contributed by atoms with Crippen molar-refractivity contribution >= 4 is 82.2 Å². The molecular formula is C48H62Cl2N6O5S2. The van der Waals surface area contributed by atoms with Crippen LogP contribution in [0.25, 0.3) is 0 Å². The number of carbonyl (C=O) groups is 4. The van der Waals surface area contributed by atoms with Gasteiger partial charge in [0.25, 0.3) is 0 Å². The molecule has 4 aromatic rings. The number of thiophene rings is 2. The smallest absolute Gasteiger partial charge is 0.250 e. The lowest BCUT2D eigenvalue weighted by molar-refractivity contribution is -0.133. The number of amides is 2. The zero-order valence-electron chi connectivity index (χ0n) is 36.0. The van der Waals surface area contributed by atoms with E-state index < -0.39 is 11.1 Å². The van der Waals surface area contributed by atoms with E-state index in [1.165, 1.54) is 22.7 Å². The number of rotatable bonds is 16. The van der Waals surface area contributed by atoms with E-state index in [2.05, 4.69) is 57.0 Å². The molecule has 0 atom stereocenters. The SMILES string of the molecule is C=CCN1CN(c2ccccc2)C2(CCN(CCCC(=O)c3cccs3)CC2)C1=O.C=CCN1CN(c2ccccc2)C2(CCN(CCCC(=O)c3cccs3)CC2)C1=O.Cl.Cl.O. The van der Waals surface area contributed by atoms with E-state index in [1.54, 1.807) is 12.2 Å². The van der Waals surface area contributed by atoms with Gasteiger partial charge in [-0.2, -0.15) is 0 Å². The molecule has 2 N–H and O–H groups in total. The molecule has 0 saturated carbocycles. The highest BCUT2D eigenvalue weighted by atomic mass is 35.5. The monoisotopic (exact) mass is 936 g/mol. The number of carbonyl (C=O) groups excluding carboxylic acids is 4. The second-order valence-corrected chi connectivity index (χ2v) is 18.1. The van der Waals surface area contributed by atoms with Crippen molar-refractivity contribution in [3.63, 3.8) is 0 Å². The summed E-state index contributed by atoms with van der Waals surface area (Å²) < 4.78 is 0. The van der Waals surface area contributed by atoms with Crippen LogP contribution in [-0.2, 0) is 9.59 Å². The predicted octanol–water partition coefficient (Wildman–Crippen LogP) is 8.09. The summed E-state index contributed by atoms with van der Waals surface area (Å²) in [6.07, 6.45) is 9.76. The second-order valence-electron chi connectivity index (χ2n) is 16.2. The summed E-state index contributed by atoms with van der Waals surface area (Å²) in [7, 11) is 0. The van der Waals surface area contributed by atoms with Gasteiger partial charge in [0.2, 0.25) is 11.8 Å². The van der Waals surface area contributed by atoms with Crippen molar-refractivity contribution in [1.82, 2.24) is 19.6 Å². The number of ketones is 2. The molecule has 0 unspecified atom stereocenters. The van der Waals surface area contributed by atoms with Crippen molar-refractivity contribution < 1.29 is 24.7 Å². The molecule has 2 amide bonds. The molecule has 2 spiro atoms. The largest absolute Gasteiger partial charge is 0.412 e. The number of Topliss-reactive ketones (excluding diaryl/α,β-unsaturated/α-hetero) is 2. The third-order valence-corrected chi connectivity index (χ3v) is 14.4. The molecule has 340 valence electrons. The van der Waals surface area contributed by atoms with Gasteiger partial charge in [0.15, 0.2) is 11.6 Å². The third kappa shape index (κ3) is 11.7. The zero-order chi connectivity index (χ0) is 42.0. The fraction of sp³-hybridized carbons (Fsp3) is 0.417. The summed E-state index contributed by atoms with van der Waals surface area (Å²) in [4.78, 5) is 66.1. The number of para-hydroxylation sites is 2. The lowest BCUT2D eigenvalue weighted by Crippen LogP contribution is -2.56. The molecule has 2 aromatic carbocycles. The molecule has 4 fully saturated rings. The Morgan fingerprint density at radius 1 is 0.571 bits per heavy atom. The molecule has 11 nitrogen and oxygen atoms in total. The molecule has 8 rings (SSSR count). The summed E-state index contributed by atoms with van der Waals surface area (Å²) in [5.41, 5.74) is 1.28. The minimum Gasteiger partial charge on any atom is -0.412 e. The van der Waals surface area contributed by atoms with Crippen molar-refractivity contribution in [2.24, 2.45) is 0 Å². The van der Waals surface area contributed by atoms with Gasteiger partial charge >= 0.3 is 0 Å². The Morgan fingerprint density at radius 2 is 0.937 bits per heavy atom. The number of piperidine rings is 2. The summed E-state index contributed by atoms with van der Waals surface area (Å²) in [5, 5.41) is 3.90. The van der Waals surface area contributed by atoms with Crippen LogP contribution in [-0.4, -0.2) is 125 Å². The van der Waals surface area contributed by atoms with E-state index in [1.807, 2.05) is 81.2 Å². The molecule has 2 aromatic heterocycles. The van der Waals surface area contributed by atoms with Gasteiger partial charge in [0.05, 0.1) is 23.1 Å². The summed E-state index contributed by atoms with van der Waals surface area (Å²) >= 11 is 3.03. The first-order valence-corrected chi connectivity index (χ1v) is 23.1. The number of anilines is 2. The van der Waals surface area contributed by atoms with Crippen LogP contribution < -0.4 is 9.80 Å². The molecule has 4 aliphatic rings. The summed E-state index contributed by atoms with van der Waals surface area (Å²) in [5.74, 6) is 0.914. The highest BCUT2D eigenvalue weighted by molar-refractivity contribution is 7.12. The lowest BCUT2D eigenvalue weighted by Gasteiger charge is -2.43. The van der Waals surface area contributed by atoms with E-state index in [9.17, 15) is 19.2 Å². The molecular weight excluding hydrogens is 876 g/mol. The average molecular weight is 938 g/mol. The Kier molecular flexibility index (Phi) is 19.6. The van der Waals surface area contributed by atoms with Gasteiger partial charge in [0.1, 0.15) is 11.1 Å². The fourth-order valence-electron chi connectivity index (χ4n) is 9.33. The lowest BCUT2D eigenvalue weighted by atomic mass is 9.85. The van der Waals surface area contributed by atoms with Gasteiger partial charge in [-0.05, 0) is 98.8 Å². The van der Waals surface area contributed by atoms with Crippen molar-refractivity contribution in [2.75, 3.05) is 75.5 Å². The molecule has 15 heteroatoms. The van der Waals surface area contributed by atoms with E-state index in [-0.39, 0.29) is 53.7 Å². The van der Waals surface area contributed by atoms with Crippen molar-refractivity contribution in [3.05, 3.63) is 131 Å². The maximum atomic E-state index is 13.4. The van der Waals surface area contributed by atoms with Crippen LogP contribution in [0.2, 0.25) is 0 Å². The van der Waals surface area contributed by atoms with Gasteiger partial charge < -0.3 is 34.9 Å². The topological polar surface area (TPSA) is 119 Å². The van der Waals surface area contributed by atoms with Gasteiger partial charge in [-0.15, -0.1) is 60.6 Å². The van der Waals surface area contributed by atoms with Crippen LogP contribution in [0.4, 0.5) is 11.4 Å². The minimum atomic E-state index is -0.465. The second kappa shape index (κ2) is 24.1. The molecule has 63 heavy (non-hydrogen) atoms.